The van der Waals surface area contributed by atoms with Gasteiger partial charge in [0.2, 0.25) is 10.0 Å². The van der Waals surface area contributed by atoms with Crippen LogP contribution in [0.5, 0.6) is 5.75 Å². The van der Waals surface area contributed by atoms with Crippen molar-refractivity contribution in [1.29, 1.82) is 0 Å². The summed E-state index contributed by atoms with van der Waals surface area (Å²) in [7, 11) is -3.53. The number of benzene rings is 3. The molecule has 0 spiro atoms. The average Bonchev–Trinajstić information content (AvgIpc) is 2.81. The van der Waals surface area contributed by atoms with Crippen molar-refractivity contribution in [2.24, 2.45) is 5.10 Å². The quantitative estimate of drug-likeness (QED) is 0.402. The molecule has 8 nitrogen and oxygen atoms in total. The summed E-state index contributed by atoms with van der Waals surface area (Å²) in [6.07, 6.45) is 1.38. The van der Waals surface area contributed by atoms with Crippen LogP contribution in [0.1, 0.15) is 11.1 Å². The van der Waals surface area contributed by atoms with Gasteiger partial charge in [-0.05, 0) is 35.4 Å². The Kier molecular flexibility index (Phi) is 6.73. The van der Waals surface area contributed by atoms with E-state index in [0.717, 1.165) is 21.2 Å². The summed E-state index contributed by atoms with van der Waals surface area (Å²) in [5, 5.41) is 17.9. The Morgan fingerprint density at radius 3 is 2.52 bits per heavy atom. The molecule has 1 aliphatic heterocycles. The van der Waals surface area contributed by atoms with Crippen molar-refractivity contribution in [1.82, 2.24) is 9.73 Å². The predicted octanol–water partition coefficient (Wildman–Crippen LogP) is 0.261. The van der Waals surface area contributed by atoms with Crippen LogP contribution in [0.4, 0.5) is 0 Å². The molecule has 0 bridgehead atoms. The summed E-state index contributed by atoms with van der Waals surface area (Å²) in [4.78, 5) is 13.6. The van der Waals surface area contributed by atoms with Gasteiger partial charge in [-0.2, -0.15) is 9.41 Å². The van der Waals surface area contributed by atoms with Crippen molar-refractivity contribution in [3.63, 3.8) is 0 Å². The SMILES string of the molecule is Cc1ccc(S(=O)(=O)N2CC[NH+](CC(=O)N/N=C\c3c([O-])ccc4ccccc34)CC2)cc1. The van der Waals surface area contributed by atoms with E-state index in [9.17, 15) is 18.3 Å². The van der Waals surface area contributed by atoms with Crippen molar-refractivity contribution in [3.8, 4) is 5.75 Å². The van der Waals surface area contributed by atoms with Gasteiger partial charge in [-0.1, -0.05) is 59.8 Å². The molecule has 1 fully saturated rings. The van der Waals surface area contributed by atoms with E-state index in [0.29, 0.717) is 31.7 Å². The highest BCUT2D eigenvalue weighted by Gasteiger charge is 2.31. The maximum Gasteiger partial charge on any atom is 0.295 e. The molecular weight excluding hydrogens is 440 g/mol. The van der Waals surface area contributed by atoms with Gasteiger partial charge >= 0.3 is 0 Å². The number of carbonyl (C=O) groups excluding carboxylic acids is 1. The van der Waals surface area contributed by atoms with E-state index in [-0.39, 0.29) is 23.1 Å². The van der Waals surface area contributed by atoms with Crippen molar-refractivity contribution in [2.45, 2.75) is 11.8 Å². The number of aryl methyl sites for hydroxylation is 1. The zero-order valence-corrected chi connectivity index (χ0v) is 19.1. The molecule has 172 valence electrons. The van der Waals surface area contributed by atoms with Gasteiger partial charge in [-0.15, -0.1) is 0 Å². The third-order valence-corrected chi connectivity index (χ3v) is 7.73. The second kappa shape index (κ2) is 9.70. The van der Waals surface area contributed by atoms with Gasteiger partial charge in [0.25, 0.3) is 5.91 Å². The van der Waals surface area contributed by atoms with Crippen LogP contribution in [0.25, 0.3) is 10.8 Å². The van der Waals surface area contributed by atoms with Crippen LogP contribution in [0.3, 0.4) is 0 Å². The molecule has 0 aliphatic carbocycles. The fourth-order valence-corrected chi connectivity index (χ4v) is 5.36. The summed E-state index contributed by atoms with van der Waals surface area (Å²) in [6.45, 7) is 3.83. The number of amides is 1. The lowest BCUT2D eigenvalue weighted by atomic mass is 10.0. The Bertz CT molecular complexity index is 1280. The molecule has 1 amide bonds. The minimum absolute atomic E-state index is 0.164. The van der Waals surface area contributed by atoms with Crippen molar-refractivity contribution in [2.75, 3.05) is 32.7 Å². The molecule has 1 aliphatic rings. The largest absolute Gasteiger partial charge is 0.872 e. The Morgan fingerprint density at radius 2 is 1.79 bits per heavy atom. The number of piperazine rings is 1. The number of hydrogen-bond donors (Lipinski definition) is 2. The van der Waals surface area contributed by atoms with Gasteiger partial charge in [0.1, 0.15) is 0 Å². The van der Waals surface area contributed by atoms with Crippen LogP contribution in [-0.4, -0.2) is 57.6 Å². The molecule has 2 N–H and O–H groups in total. The van der Waals surface area contributed by atoms with Crippen molar-refractivity contribution >= 4 is 32.9 Å². The molecule has 0 unspecified atom stereocenters. The van der Waals surface area contributed by atoms with Crippen LogP contribution in [0.2, 0.25) is 0 Å². The first-order chi connectivity index (χ1) is 15.8. The topological polar surface area (TPSA) is 106 Å². The van der Waals surface area contributed by atoms with E-state index in [4.69, 9.17) is 0 Å². The molecule has 1 heterocycles. The highest BCUT2D eigenvalue weighted by Crippen LogP contribution is 2.23. The number of quaternary nitrogens is 1. The molecule has 33 heavy (non-hydrogen) atoms. The molecule has 1 saturated heterocycles. The van der Waals surface area contributed by atoms with Crippen LogP contribution >= 0.6 is 0 Å². The summed E-state index contributed by atoms with van der Waals surface area (Å²) in [5.74, 6) is -0.452. The maximum absolute atomic E-state index is 12.8. The molecule has 9 heteroatoms. The van der Waals surface area contributed by atoms with Gasteiger partial charge < -0.3 is 10.0 Å². The van der Waals surface area contributed by atoms with Crippen molar-refractivity contribution in [3.05, 3.63) is 71.8 Å². The van der Waals surface area contributed by atoms with Crippen LogP contribution in [0, 0.1) is 6.92 Å². The lowest BCUT2D eigenvalue weighted by Gasteiger charge is -2.31. The zero-order valence-electron chi connectivity index (χ0n) is 18.3. The first-order valence-electron chi connectivity index (χ1n) is 10.8. The van der Waals surface area contributed by atoms with Gasteiger partial charge in [-0.25, -0.2) is 13.8 Å². The van der Waals surface area contributed by atoms with Gasteiger partial charge in [0.05, 0.1) is 37.3 Å². The molecule has 0 radical (unpaired) electrons. The molecule has 3 aromatic rings. The Balaban J connectivity index is 1.31. The fourth-order valence-electron chi connectivity index (χ4n) is 3.92. The number of rotatable bonds is 6. The molecule has 0 saturated carbocycles. The number of sulfonamides is 1. The third kappa shape index (κ3) is 5.22. The lowest BCUT2D eigenvalue weighted by Crippen LogP contribution is -3.15. The summed E-state index contributed by atoms with van der Waals surface area (Å²) in [6, 6.07) is 17.6. The number of fused-ring (bicyclic) bond motifs is 1. The van der Waals surface area contributed by atoms with E-state index in [1.807, 2.05) is 31.2 Å². The van der Waals surface area contributed by atoms with E-state index < -0.39 is 10.0 Å². The summed E-state index contributed by atoms with van der Waals surface area (Å²) >= 11 is 0. The number of carbonyl (C=O) groups is 1. The standard InChI is InChI=1S/C24H26N4O4S/c1-18-6-9-20(10-7-18)33(31,32)28-14-12-27(13-15-28)17-24(30)26-25-16-22-21-5-3-2-4-19(21)8-11-23(22)29/h2-11,16,29H,12-15,17H2,1H3,(H,26,30)/b25-16-. The smallest absolute Gasteiger partial charge is 0.295 e. The predicted molar refractivity (Wildman–Crippen MR) is 125 cm³/mol. The normalized spacial score (nSPS) is 15.8. The Hall–Kier alpha value is -3.27. The molecule has 3 aromatic carbocycles. The van der Waals surface area contributed by atoms with Crippen LogP contribution in [0.15, 0.2) is 70.7 Å². The lowest BCUT2D eigenvalue weighted by molar-refractivity contribution is -0.895. The Morgan fingerprint density at radius 1 is 1.09 bits per heavy atom. The van der Waals surface area contributed by atoms with E-state index in [1.165, 1.54) is 16.6 Å². The average molecular weight is 467 g/mol. The first-order valence-corrected chi connectivity index (χ1v) is 12.2. The zero-order chi connectivity index (χ0) is 23.4. The van der Waals surface area contributed by atoms with Gasteiger partial charge in [0.15, 0.2) is 6.54 Å². The Labute approximate surface area is 193 Å². The third-order valence-electron chi connectivity index (χ3n) is 5.81. The second-order valence-corrected chi connectivity index (χ2v) is 10.1. The van der Waals surface area contributed by atoms with Gasteiger partial charge in [-0.3, -0.25) is 4.79 Å². The number of hydrazone groups is 1. The highest BCUT2D eigenvalue weighted by atomic mass is 32.2. The number of nitrogens with zero attached hydrogens (tertiary/aromatic N) is 2. The highest BCUT2D eigenvalue weighted by molar-refractivity contribution is 7.89. The minimum atomic E-state index is -3.53. The van der Waals surface area contributed by atoms with E-state index in [2.05, 4.69) is 10.5 Å². The molecule has 0 aromatic heterocycles. The van der Waals surface area contributed by atoms with E-state index >= 15 is 0 Å². The minimum Gasteiger partial charge on any atom is -0.872 e. The summed E-state index contributed by atoms with van der Waals surface area (Å²) < 4.78 is 27.1. The van der Waals surface area contributed by atoms with Crippen molar-refractivity contribution < 1.29 is 23.2 Å². The van der Waals surface area contributed by atoms with E-state index in [1.54, 1.807) is 30.3 Å². The second-order valence-electron chi connectivity index (χ2n) is 8.14. The molecule has 4 rings (SSSR count). The monoisotopic (exact) mass is 466 g/mol. The first kappa shape index (κ1) is 22.9. The molecule has 0 atom stereocenters. The summed E-state index contributed by atoms with van der Waals surface area (Å²) in [5.41, 5.74) is 3.91. The number of hydrogen-bond acceptors (Lipinski definition) is 5. The van der Waals surface area contributed by atoms with Crippen LogP contribution in [-0.2, 0) is 14.8 Å². The fraction of sp³-hybridized carbons (Fsp3) is 0.250. The molecular formula is C24H26N4O4S. The van der Waals surface area contributed by atoms with Crippen LogP contribution < -0.4 is 15.4 Å². The van der Waals surface area contributed by atoms with Gasteiger partial charge in [0, 0.05) is 0 Å². The number of nitrogens with one attached hydrogen (secondary N) is 2. The maximum atomic E-state index is 12.8.